The molecule has 2 heterocycles. The minimum absolute atomic E-state index is 0.0306. The van der Waals surface area contributed by atoms with Gasteiger partial charge < -0.3 is 10.1 Å². The minimum Gasteiger partial charge on any atom is -0.448 e. The number of nitrogens with one attached hydrogen (secondary N) is 1. The summed E-state index contributed by atoms with van der Waals surface area (Å²) in [5.41, 5.74) is 0.828. The molecule has 0 spiro atoms. The van der Waals surface area contributed by atoms with E-state index in [0.717, 1.165) is 6.07 Å². The van der Waals surface area contributed by atoms with Crippen LogP contribution in [0.1, 0.15) is 17.4 Å². The molecule has 1 N–H and O–H groups in total. The number of nitrogens with zero attached hydrogens (tertiary/aromatic N) is 3. The molecule has 4 rings (SSSR count). The van der Waals surface area contributed by atoms with Crippen LogP contribution in [-0.2, 0) is 6.18 Å². The lowest BCUT2D eigenvalue weighted by molar-refractivity contribution is -0.138. The monoisotopic (exact) mass is 390 g/mol. The van der Waals surface area contributed by atoms with E-state index in [1.165, 1.54) is 23.9 Å². The predicted molar refractivity (Wildman–Crippen MR) is 95.5 cm³/mol. The van der Waals surface area contributed by atoms with Crippen molar-refractivity contribution in [2.75, 3.05) is 11.6 Å². The van der Waals surface area contributed by atoms with E-state index in [2.05, 4.69) is 20.5 Å². The summed E-state index contributed by atoms with van der Waals surface area (Å²) in [7, 11) is 0. The highest BCUT2D eigenvalue weighted by atomic mass is 32.2. The highest BCUT2D eigenvalue weighted by molar-refractivity contribution is 7.98. The molecule has 0 bridgehead atoms. The van der Waals surface area contributed by atoms with E-state index in [1.54, 1.807) is 36.6 Å². The topological polar surface area (TPSA) is 59.9 Å². The Morgan fingerprint density at radius 3 is 2.56 bits per heavy atom. The van der Waals surface area contributed by atoms with Gasteiger partial charge in [0.1, 0.15) is 0 Å². The number of thioether (sulfide) groups is 1. The van der Waals surface area contributed by atoms with Crippen LogP contribution in [0.3, 0.4) is 0 Å². The van der Waals surface area contributed by atoms with Crippen molar-refractivity contribution >= 4 is 17.4 Å². The molecular formula is C18H13F3N4OS. The summed E-state index contributed by atoms with van der Waals surface area (Å²) in [6.45, 7) is 0. The maximum atomic E-state index is 13.5. The zero-order valence-corrected chi connectivity index (χ0v) is 14.8. The molecule has 1 aliphatic heterocycles. The molecule has 0 unspecified atom stereocenters. The highest BCUT2D eigenvalue weighted by Crippen LogP contribution is 2.42. The molecule has 0 radical (unpaired) electrons. The van der Waals surface area contributed by atoms with Crippen LogP contribution in [0.5, 0.6) is 5.88 Å². The summed E-state index contributed by atoms with van der Waals surface area (Å²) in [6, 6.07) is 12.4. The molecule has 9 heteroatoms. The van der Waals surface area contributed by atoms with Gasteiger partial charge in [-0.3, -0.25) is 0 Å². The van der Waals surface area contributed by atoms with E-state index < -0.39 is 18.0 Å². The van der Waals surface area contributed by atoms with E-state index in [9.17, 15) is 13.2 Å². The summed E-state index contributed by atoms with van der Waals surface area (Å²) in [6.07, 6.45) is -3.82. The van der Waals surface area contributed by atoms with Crippen LogP contribution in [-0.4, -0.2) is 21.4 Å². The summed E-state index contributed by atoms with van der Waals surface area (Å²) in [4.78, 5) is 4.30. The Kier molecular flexibility index (Phi) is 4.39. The van der Waals surface area contributed by atoms with E-state index in [1.807, 2.05) is 0 Å². The minimum atomic E-state index is -4.51. The number of halogens is 3. The zero-order valence-electron chi connectivity index (χ0n) is 14.0. The fourth-order valence-electron chi connectivity index (χ4n) is 2.86. The van der Waals surface area contributed by atoms with Crippen molar-refractivity contribution in [2.45, 2.75) is 17.6 Å². The molecule has 0 fully saturated rings. The van der Waals surface area contributed by atoms with Crippen LogP contribution in [0.2, 0.25) is 0 Å². The fourth-order valence-corrected chi connectivity index (χ4v) is 3.15. The fraction of sp³-hybridized carbons (Fsp3) is 0.167. The molecule has 138 valence electrons. The Balaban J connectivity index is 1.89. The molecule has 3 aromatic rings. The predicted octanol–water partition coefficient (Wildman–Crippen LogP) is 4.78. The Hall–Kier alpha value is -2.81. The van der Waals surface area contributed by atoms with Gasteiger partial charge in [0.25, 0.3) is 0 Å². The lowest BCUT2D eigenvalue weighted by Crippen LogP contribution is -2.21. The largest absolute Gasteiger partial charge is 0.448 e. The summed E-state index contributed by atoms with van der Waals surface area (Å²) >= 11 is 1.27. The van der Waals surface area contributed by atoms with Crippen molar-refractivity contribution in [3.05, 3.63) is 59.7 Å². The van der Waals surface area contributed by atoms with Crippen LogP contribution in [0.4, 0.5) is 18.9 Å². The van der Waals surface area contributed by atoms with Crippen LogP contribution >= 0.6 is 11.8 Å². The van der Waals surface area contributed by atoms with Crippen molar-refractivity contribution < 1.29 is 17.9 Å². The van der Waals surface area contributed by atoms with Crippen molar-refractivity contribution in [2.24, 2.45) is 0 Å². The molecule has 0 saturated heterocycles. The van der Waals surface area contributed by atoms with Crippen LogP contribution < -0.4 is 10.1 Å². The van der Waals surface area contributed by atoms with Gasteiger partial charge in [0, 0.05) is 16.8 Å². The van der Waals surface area contributed by atoms with Crippen molar-refractivity contribution in [1.82, 2.24) is 15.2 Å². The molecule has 5 nitrogen and oxygen atoms in total. The Bertz CT molecular complexity index is 996. The second kappa shape index (κ2) is 6.73. The number of para-hydroxylation sites is 1. The summed E-state index contributed by atoms with van der Waals surface area (Å²) < 4.78 is 46.3. The first kappa shape index (κ1) is 17.6. The third kappa shape index (κ3) is 3.30. The standard InChI is InChI=1S/C18H13F3N4OS/c1-27-17-23-16-14(24-25-17)11-7-3-5-9-13(11)22-15(26-16)10-6-2-4-8-12(10)18(19,20)21/h2-9,15,22H,1H3/t15-/m1/s1. The third-order valence-electron chi connectivity index (χ3n) is 4.06. The number of aromatic nitrogens is 3. The quantitative estimate of drug-likeness (QED) is 0.636. The molecule has 0 saturated carbocycles. The smallest absolute Gasteiger partial charge is 0.416 e. The van der Waals surface area contributed by atoms with Crippen LogP contribution in [0, 0.1) is 0 Å². The summed E-state index contributed by atoms with van der Waals surface area (Å²) in [5.74, 6) is 0.133. The van der Waals surface area contributed by atoms with Crippen molar-refractivity contribution in [1.29, 1.82) is 0 Å². The van der Waals surface area contributed by atoms with Gasteiger partial charge in [-0.05, 0) is 18.4 Å². The normalized spacial score (nSPS) is 15.8. The molecule has 0 aliphatic carbocycles. The van der Waals surface area contributed by atoms with Crippen molar-refractivity contribution in [3.8, 4) is 17.1 Å². The van der Waals surface area contributed by atoms with E-state index in [-0.39, 0.29) is 11.4 Å². The molecule has 1 aromatic heterocycles. The number of hydrogen-bond acceptors (Lipinski definition) is 6. The second-order valence-corrected chi connectivity index (χ2v) is 6.50. The Labute approximate surface area is 157 Å². The first-order valence-corrected chi connectivity index (χ1v) is 9.17. The van der Waals surface area contributed by atoms with Gasteiger partial charge in [0.15, 0.2) is 11.9 Å². The van der Waals surface area contributed by atoms with Gasteiger partial charge in [-0.25, -0.2) is 0 Å². The van der Waals surface area contributed by atoms with Crippen molar-refractivity contribution in [3.63, 3.8) is 0 Å². The molecule has 1 atom stereocenters. The van der Waals surface area contributed by atoms with Gasteiger partial charge in [-0.2, -0.15) is 18.2 Å². The lowest BCUT2D eigenvalue weighted by Gasteiger charge is -2.22. The Morgan fingerprint density at radius 2 is 1.78 bits per heavy atom. The molecule has 27 heavy (non-hydrogen) atoms. The summed E-state index contributed by atoms with van der Waals surface area (Å²) in [5, 5.41) is 11.6. The van der Waals surface area contributed by atoms with Gasteiger partial charge in [0.05, 0.1) is 5.56 Å². The highest BCUT2D eigenvalue weighted by Gasteiger charge is 2.37. The van der Waals surface area contributed by atoms with E-state index >= 15 is 0 Å². The van der Waals surface area contributed by atoms with Gasteiger partial charge in [-0.1, -0.05) is 48.2 Å². The van der Waals surface area contributed by atoms with E-state index in [0.29, 0.717) is 22.1 Å². The Morgan fingerprint density at radius 1 is 1.04 bits per heavy atom. The number of ether oxygens (including phenoxy) is 1. The average molecular weight is 390 g/mol. The third-order valence-corrected chi connectivity index (χ3v) is 4.60. The lowest BCUT2D eigenvalue weighted by atomic mass is 10.1. The maximum Gasteiger partial charge on any atom is 0.416 e. The first-order valence-electron chi connectivity index (χ1n) is 7.95. The number of fused-ring (bicyclic) bond motifs is 3. The number of rotatable bonds is 2. The zero-order chi connectivity index (χ0) is 19.0. The molecule has 1 aliphatic rings. The SMILES string of the molecule is CSc1nnc2c(n1)O[C@H](c1ccccc1C(F)(F)F)Nc1ccccc1-2. The average Bonchev–Trinajstić information content (AvgIpc) is 2.83. The van der Waals surface area contributed by atoms with Gasteiger partial charge in [-0.15, -0.1) is 10.2 Å². The van der Waals surface area contributed by atoms with Crippen LogP contribution in [0.15, 0.2) is 53.7 Å². The second-order valence-electron chi connectivity index (χ2n) is 5.73. The number of anilines is 1. The number of benzene rings is 2. The maximum absolute atomic E-state index is 13.5. The number of hydrogen-bond donors (Lipinski definition) is 1. The van der Waals surface area contributed by atoms with Gasteiger partial charge >= 0.3 is 6.18 Å². The van der Waals surface area contributed by atoms with E-state index in [4.69, 9.17) is 4.74 Å². The number of alkyl halides is 3. The van der Waals surface area contributed by atoms with Gasteiger partial charge in [0.2, 0.25) is 11.0 Å². The molecule has 0 amide bonds. The molecular weight excluding hydrogens is 377 g/mol. The molecule has 2 aromatic carbocycles. The first-order chi connectivity index (χ1) is 13.0. The van der Waals surface area contributed by atoms with Crippen LogP contribution in [0.25, 0.3) is 11.3 Å².